The van der Waals surface area contributed by atoms with Gasteiger partial charge in [0.05, 0.1) is 18.9 Å². The van der Waals surface area contributed by atoms with Crippen LogP contribution >= 0.6 is 11.8 Å². The van der Waals surface area contributed by atoms with E-state index in [1.807, 2.05) is 68.6 Å². The highest BCUT2D eigenvalue weighted by molar-refractivity contribution is 8.00. The second kappa shape index (κ2) is 11.4. The lowest BCUT2D eigenvalue weighted by molar-refractivity contribution is -0.117. The molecule has 0 bridgehead atoms. The maximum Gasteiger partial charge on any atom is 0.240 e. The molecule has 1 heterocycles. The molecule has 2 aromatic carbocycles. The number of thioether (sulfide) groups is 1. The monoisotopic (exact) mass is 479 g/mol. The summed E-state index contributed by atoms with van der Waals surface area (Å²) in [5.41, 5.74) is 1.86. The minimum absolute atomic E-state index is 0.0467. The number of para-hydroxylation sites is 1. The van der Waals surface area contributed by atoms with E-state index in [2.05, 4.69) is 20.1 Å². The van der Waals surface area contributed by atoms with Crippen LogP contribution in [-0.2, 0) is 11.3 Å². The zero-order valence-corrected chi connectivity index (χ0v) is 20.9. The molecule has 1 N–H and O–H groups in total. The number of carbonyl (C=O) groups is 1. The van der Waals surface area contributed by atoms with Crippen molar-refractivity contribution >= 4 is 29.0 Å². The Balaban J connectivity index is 1.52. The number of hydrogen-bond acceptors (Lipinski definition) is 6. The Morgan fingerprint density at radius 1 is 1.15 bits per heavy atom. The first-order chi connectivity index (χ1) is 16.6. The van der Waals surface area contributed by atoms with Gasteiger partial charge in [0.15, 0.2) is 11.0 Å². The number of aromatic nitrogens is 3. The van der Waals surface area contributed by atoms with Crippen molar-refractivity contribution in [3.05, 3.63) is 60.4 Å². The molecule has 0 aliphatic heterocycles. The summed E-state index contributed by atoms with van der Waals surface area (Å²) in [6, 6.07) is 18.0. The van der Waals surface area contributed by atoms with Gasteiger partial charge in [0.25, 0.3) is 0 Å². The number of amides is 1. The van der Waals surface area contributed by atoms with Crippen LogP contribution in [0.15, 0.2) is 59.8 Å². The number of anilines is 2. The summed E-state index contributed by atoms with van der Waals surface area (Å²) < 4.78 is 7.60. The molecular formula is C26H33N5O2S. The van der Waals surface area contributed by atoms with Gasteiger partial charge in [-0.1, -0.05) is 55.3 Å². The van der Waals surface area contributed by atoms with Crippen molar-refractivity contribution in [2.24, 2.45) is 0 Å². The van der Waals surface area contributed by atoms with Crippen molar-refractivity contribution in [3.8, 4) is 5.75 Å². The molecular weight excluding hydrogens is 446 g/mol. The molecule has 3 aromatic rings. The number of carbonyl (C=O) groups excluding carboxylic acids is 1. The number of ether oxygens (including phenoxy) is 1. The summed E-state index contributed by atoms with van der Waals surface area (Å²) in [4.78, 5) is 14.8. The van der Waals surface area contributed by atoms with Gasteiger partial charge in [0.2, 0.25) is 5.91 Å². The third-order valence-corrected chi connectivity index (χ3v) is 7.34. The van der Waals surface area contributed by atoms with Crippen molar-refractivity contribution in [1.82, 2.24) is 14.8 Å². The zero-order valence-electron chi connectivity index (χ0n) is 20.1. The molecule has 0 saturated heterocycles. The molecule has 0 radical (unpaired) electrons. The molecule has 8 heteroatoms. The molecule has 1 saturated carbocycles. The van der Waals surface area contributed by atoms with Crippen LogP contribution in [-0.4, -0.2) is 40.1 Å². The molecule has 1 fully saturated rings. The third kappa shape index (κ3) is 5.73. The van der Waals surface area contributed by atoms with Crippen LogP contribution in [0.2, 0.25) is 0 Å². The predicted molar refractivity (Wildman–Crippen MR) is 138 cm³/mol. The van der Waals surface area contributed by atoms with Gasteiger partial charge in [-0.15, -0.1) is 10.2 Å². The molecule has 180 valence electrons. The minimum Gasteiger partial charge on any atom is -0.497 e. The normalized spacial score (nSPS) is 15.0. The van der Waals surface area contributed by atoms with Crippen LogP contribution in [0.1, 0.15) is 50.9 Å². The van der Waals surface area contributed by atoms with Gasteiger partial charge >= 0.3 is 0 Å². The predicted octanol–water partition coefficient (Wildman–Crippen LogP) is 5.55. The second-order valence-corrected chi connectivity index (χ2v) is 9.95. The highest BCUT2D eigenvalue weighted by Gasteiger charge is 2.27. The summed E-state index contributed by atoms with van der Waals surface area (Å²) >= 11 is 1.49. The van der Waals surface area contributed by atoms with Crippen molar-refractivity contribution in [2.45, 2.75) is 62.0 Å². The van der Waals surface area contributed by atoms with Crippen molar-refractivity contribution in [3.63, 3.8) is 0 Å². The fraction of sp³-hybridized carbons (Fsp3) is 0.423. The average molecular weight is 480 g/mol. The van der Waals surface area contributed by atoms with Gasteiger partial charge < -0.3 is 19.5 Å². The van der Waals surface area contributed by atoms with Gasteiger partial charge in [-0.3, -0.25) is 4.79 Å². The Bertz CT molecular complexity index is 1080. The molecule has 1 aliphatic rings. The third-order valence-electron chi connectivity index (χ3n) is 6.30. The molecule has 0 spiro atoms. The van der Waals surface area contributed by atoms with E-state index < -0.39 is 0 Å². The van der Waals surface area contributed by atoms with Crippen LogP contribution in [0.5, 0.6) is 5.75 Å². The molecule has 1 amide bonds. The Kier molecular flexibility index (Phi) is 8.11. The summed E-state index contributed by atoms with van der Waals surface area (Å²) in [5.74, 6) is 1.75. The fourth-order valence-corrected chi connectivity index (χ4v) is 5.42. The van der Waals surface area contributed by atoms with Gasteiger partial charge in [-0.2, -0.15) is 0 Å². The van der Waals surface area contributed by atoms with Crippen LogP contribution in [0.4, 0.5) is 11.4 Å². The van der Waals surface area contributed by atoms with Crippen molar-refractivity contribution in [2.75, 3.05) is 24.4 Å². The SMILES string of the molecule is COc1cccc(NCc2nnc(SC(C)C(=O)N(C)c3ccccc3)n2C2CCCCC2)c1. The number of hydrogen-bond donors (Lipinski definition) is 1. The van der Waals surface area contributed by atoms with E-state index in [0.29, 0.717) is 12.6 Å². The van der Waals surface area contributed by atoms with Gasteiger partial charge in [0, 0.05) is 30.5 Å². The molecule has 4 rings (SSSR count). The zero-order chi connectivity index (χ0) is 23.9. The van der Waals surface area contributed by atoms with Crippen LogP contribution < -0.4 is 15.0 Å². The lowest BCUT2D eigenvalue weighted by Gasteiger charge is -2.27. The number of methoxy groups -OCH3 is 1. The molecule has 1 atom stereocenters. The first-order valence-corrected chi connectivity index (χ1v) is 12.8. The maximum absolute atomic E-state index is 13.1. The van der Waals surface area contributed by atoms with Crippen molar-refractivity contribution in [1.29, 1.82) is 0 Å². The number of benzene rings is 2. The Morgan fingerprint density at radius 2 is 1.91 bits per heavy atom. The fourth-order valence-electron chi connectivity index (χ4n) is 4.39. The number of nitrogens with one attached hydrogen (secondary N) is 1. The van der Waals surface area contributed by atoms with E-state index >= 15 is 0 Å². The molecule has 7 nitrogen and oxygen atoms in total. The summed E-state index contributed by atoms with van der Waals surface area (Å²) in [6.07, 6.45) is 5.92. The highest BCUT2D eigenvalue weighted by atomic mass is 32.2. The van der Waals surface area contributed by atoms with Gasteiger partial charge in [0.1, 0.15) is 5.75 Å². The molecule has 1 aliphatic carbocycles. The quantitative estimate of drug-likeness (QED) is 0.406. The first kappa shape index (κ1) is 24.1. The van der Waals surface area contributed by atoms with Crippen LogP contribution in [0.25, 0.3) is 0 Å². The number of nitrogens with zero attached hydrogens (tertiary/aromatic N) is 4. The topological polar surface area (TPSA) is 72.3 Å². The lowest BCUT2D eigenvalue weighted by Crippen LogP contribution is -2.33. The molecule has 1 unspecified atom stereocenters. The maximum atomic E-state index is 13.1. The average Bonchev–Trinajstić information content (AvgIpc) is 3.29. The Morgan fingerprint density at radius 3 is 2.65 bits per heavy atom. The summed E-state index contributed by atoms with van der Waals surface area (Å²) in [5, 5.41) is 13.1. The van der Waals surface area contributed by atoms with Crippen LogP contribution in [0, 0.1) is 0 Å². The second-order valence-electron chi connectivity index (χ2n) is 8.64. The molecule has 34 heavy (non-hydrogen) atoms. The first-order valence-electron chi connectivity index (χ1n) is 11.9. The largest absolute Gasteiger partial charge is 0.497 e. The van der Waals surface area contributed by atoms with E-state index in [9.17, 15) is 4.79 Å². The highest BCUT2D eigenvalue weighted by Crippen LogP contribution is 2.34. The van der Waals surface area contributed by atoms with Crippen molar-refractivity contribution < 1.29 is 9.53 Å². The van der Waals surface area contributed by atoms with Crippen LogP contribution in [0.3, 0.4) is 0 Å². The Hall–Kier alpha value is -3.00. The van der Waals surface area contributed by atoms with E-state index in [4.69, 9.17) is 4.74 Å². The summed E-state index contributed by atoms with van der Waals surface area (Å²) in [7, 11) is 3.49. The lowest BCUT2D eigenvalue weighted by atomic mass is 9.95. The Labute approximate surface area is 205 Å². The van der Waals surface area contributed by atoms with E-state index in [1.165, 1.54) is 31.0 Å². The summed E-state index contributed by atoms with van der Waals surface area (Å²) in [6.45, 7) is 2.50. The van der Waals surface area contributed by atoms with E-state index in [1.54, 1.807) is 12.0 Å². The minimum atomic E-state index is -0.282. The van der Waals surface area contributed by atoms with E-state index in [0.717, 1.165) is 40.9 Å². The standard InChI is InChI=1S/C26H33N5O2S/c1-19(25(32)30(2)21-12-6-4-7-13-21)34-26-29-28-24(31(26)22-14-8-5-9-15-22)18-27-20-11-10-16-23(17-20)33-3/h4,6-7,10-13,16-17,19,22,27H,5,8-9,14-15,18H2,1-3H3. The van der Waals surface area contributed by atoms with E-state index in [-0.39, 0.29) is 11.2 Å². The molecule has 1 aromatic heterocycles. The number of rotatable bonds is 9. The van der Waals surface area contributed by atoms with Gasteiger partial charge in [-0.25, -0.2) is 0 Å². The van der Waals surface area contributed by atoms with Gasteiger partial charge in [-0.05, 0) is 44.0 Å². The smallest absolute Gasteiger partial charge is 0.240 e.